The van der Waals surface area contributed by atoms with Gasteiger partial charge in [-0.2, -0.15) is 0 Å². The van der Waals surface area contributed by atoms with Gasteiger partial charge in [-0.1, -0.05) is 18.0 Å². The molecular formula is C13H15ClO3. The molecule has 1 aliphatic carbocycles. The summed E-state index contributed by atoms with van der Waals surface area (Å²) in [7, 11) is 0. The topological polar surface area (TPSA) is 46.5 Å². The van der Waals surface area contributed by atoms with Gasteiger partial charge in [-0.05, 0) is 42.5 Å². The second-order valence-electron chi connectivity index (χ2n) is 4.47. The van der Waals surface area contributed by atoms with Crippen LogP contribution in [-0.2, 0) is 11.2 Å². The highest BCUT2D eigenvalue weighted by Gasteiger charge is 2.18. The zero-order chi connectivity index (χ0) is 12.3. The number of ether oxygens (including phenoxy) is 1. The molecule has 0 aliphatic heterocycles. The van der Waals surface area contributed by atoms with E-state index < -0.39 is 5.97 Å². The van der Waals surface area contributed by atoms with Crippen LogP contribution in [0.2, 0.25) is 5.02 Å². The average molecular weight is 255 g/mol. The maximum absolute atomic E-state index is 10.6. The van der Waals surface area contributed by atoms with Gasteiger partial charge in [-0.15, -0.1) is 0 Å². The van der Waals surface area contributed by atoms with Gasteiger partial charge in [0.15, 0.2) is 0 Å². The molecule has 1 aromatic carbocycles. The van der Waals surface area contributed by atoms with E-state index in [1.54, 1.807) is 18.2 Å². The van der Waals surface area contributed by atoms with Crippen LogP contribution in [-0.4, -0.2) is 17.7 Å². The molecule has 0 aromatic heterocycles. The Balaban J connectivity index is 1.99. The van der Waals surface area contributed by atoms with Gasteiger partial charge in [-0.3, -0.25) is 4.79 Å². The average Bonchev–Trinajstić information content (AvgIpc) is 2.12. The van der Waals surface area contributed by atoms with Gasteiger partial charge < -0.3 is 9.84 Å². The zero-order valence-electron chi connectivity index (χ0n) is 9.49. The van der Waals surface area contributed by atoms with Crippen molar-refractivity contribution < 1.29 is 14.6 Å². The van der Waals surface area contributed by atoms with Gasteiger partial charge >= 0.3 is 5.97 Å². The van der Waals surface area contributed by atoms with Crippen LogP contribution in [0.25, 0.3) is 0 Å². The summed E-state index contributed by atoms with van der Waals surface area (Å²) in [6.45, 7) is 0.701. The quantitative estimate of drug-likeness (QED) is 0.878. The van der Waals surface area contributed by atoms with Crippen molar-refractivity contribution in [2.75, 3.05) is 6.61 Å². The molecule has 0 unspecified atom stereocenters. The van der Waals surface area contributed by atoms with Crippen molar-refractivity contribution >= 4 is 17.6 Å². The van der Waals surface area contributed by atoms with Crippen molar-refractivity contribution in [2.24, 2.45) is 5.92 Å². The minimum absolute atomic E-state index is 0.0274. The first-order chi connectivity index (χ1) is 8.13. The normalized spacial score (nSPS) is 15.4. The van der Waals surface area contributed by atoms with Gasteiger partial charge in [0.2, 0.25) is 0 Å². The Bertz CT molecular complexity index is 413. The molecule has 1 N–H and O–H groups in total. The number of carboxylic acids is 1. The van der Waals surface area contributed by atoms with E-state index >= 15 is 0 Å². The lowest BCUT2D eigenvalue weighted by Crippen LogP contribution is -2.19. The SMILES string of the molecule is O=C(O)Cc1cc(Cl)cc(OCC2CCC2)c1. The van der Waals surface area contributed by atoms with Gasteiger partial charge in [0.1, 0.15) is 5.75 Å². The Hall–Kier alpha value is -1.22. The van der Waals surface area contributed by atoms with Crippen LogP contribution < -0.4 is 4.74 Å². The smallest absolute Gasteiger partial charge is 0.307 e. The van der Waals surface area contributed by atoms with Crippen LogP contribution >= 0.6 is 11.6 Å². The number of halogens is 1. The minimum atomic E-state index is -0.864. The molecule has 1 aliphatic rings. The molecule has 92 valence electrons. The second-order valence-corrected chi connectivity index (χ2v) is 4.91. The molecule has 0 heterocycles. The highest BCUT2D eigenvalue weighted by molar-refractivity contribution is 6.30. The van der Waals surface area contributed by atoms with E-state index in [1.165, 1.54) is 19.3 Å². The molecule has 0 saturated heterocycles. The number of benzene rings is 1. The van der Waals surface area contributed by atoms with Crippen molar-refractivity contribution in [3.63, 3.8) is 0 Å². The van der Waals surface area contributed by atoms with Gasteiger partial charge in [0.05, 0.1) is 13.0 Å². The lowest BCUT2D eigenvalue weighted by molar-refractivity contribution is -0.136. The molecule has 1 aromatic rings. The molecule has 2 rings (SSSR count). The molecule has 0 atom stereocenters. The largest absolute Gasteiger partial charge is 0.493 e. The summed E-state index contributed by atoms with van der Waals surface area (Å²) in [6.07, 6.45) is 3.71. The Kier molecular flexibility index (Phi) is 3.89. The molecule has 0 radical (unpaired) electrons. The molecule has 3 nitrogen and oxygen atoms in total. The molecule has 4 heteroatoms. The van der Waals surface area contributed by atoms with Crippen LogP contribution in [0.15, 0.2) is 18.2 Å². The van der Waals surface area contributed by atoms with Gasteiger partial charge in [0.25, 0.3) is 0 Å². The summed E-state index contributed by atoms with van der Waals surface area (Å²) in [6, 6.07) is 5.14. The Morgan fingerprint density at radius 2 is 2.18 bits per heavy atom. The third-order valence-corrected chi connectivity index (χ3v) is 3.22. The van der Waals surface area contributed by atoms with E-state index in [1.807, 2.05) is 0 Å². The maximum atomic E-state index is 10.6. The lowest BCUT2D eigenvalue weighted by atomic mass is 9.86. The van der Waals surface area contributed by atoms with E-state index in [-0.39, 0.29) is 6.42 Å². The van der Waals surface area contributed by atoms with Gasteiger partial charge in [0, 0.05) is 5.02 Å². The van der Waals surface area contributed by atoms with E-state index in [0.717, 1.165) is 0 Å². The zero-order valence-corrected chi connectivity index (χ0v) is 10.2. The van der Waals surface area contributed by atoms with E-state index in [4.69, 9.17) is 21.4 Å². The predicted octanol–water partition coefficient (Wildman–Crippen LogP) is 3.15. The van der Waals surface area contributed by atoms with Crippen LogP contribution in [0.5, 0.6) is 5.75 Å². The molecule has 17 heavy (non-hydrogen) atoms. The number of carbonyl (C=O) groups is 1. The summed E-state index contributed by atoms with van der Waals surface area (Å²) in [5, 5.41) is 9.25. The first kappa shape index (κ1) is 12.2. The summed E-state index contributed by atoms with van der Waals surface area (Å²) in [5.41, 5.74) is 0.675. The number of aliphatic carboxylic acids is 1. The standard InChI is InChI=1S/C13H15ClO3/c14-11-4-10(6-13(15)16)5-12(7-11)17-8-9-2-1-3-9/h4-5,7,9H,1-3,6,8H2,(H,15,16). The fourth-order valence-electron chi connectivity index (χ4n) is 1.85. The second kappa shape index (κ2) is 5.41. The van der Waals surface area contributed by atoms with Crippen molar-refractivity contribution in [1.29, 1.82) is 0 Å². The molecule has 0 amide bonds. The van der Waals surface area contributed by atoms with Crippen molar-refractivity contribution in [3.05, 3.63) is 28.8 Å². The van der Waals surface area contributed by atoms with Crippen LogP contribution in [0.3, 0.4) is 0 Å². The fraction of sp³-hybridized carbons (Fsp3) is 0.462. The highest BCUT2D eigenvalue weighted by atomic mass is 35.5. The molecule has 1 saturated carbocycles. The van der Waals surface area contributed by atoms with Crippen molar-refractivity contribution in [1.82, 2.24) is 0 Å². The number of carboxylic acid groups (broad SMARTS) is 1. The van der Waals surface area contributed by atoms with Crippen LogP contribution in [0, 0.1) is 5.92 Å². The first-order valence-corrected chi connectivity index (χ1v) is 6.15. The summed E-state index contributed by atoms with van der Waals surface area (Å²) >= 11 is 5.92. The molecule has 0 spiro atoms. The van der Waals surface area contributed by atoms with Crippen molar-refractivity contribution in [2.45, 2.75) is 25.7 Å². The minimum Gasteiger partial charge on any atom is -0.493 e. The summed E-state index contributed by atoms with van der Waals surface area (Å²) in [4.78, 5) is 10.6. The lowest BCUT2D eigenvalue weighted by Gasteiger charge is -2.25. The van der Waals surface area contributed by atoms with Crippen LogP contribution in [0.4, 0.5) is 0 Å². The maximum Gasteiger partial charge on any atom is 0.307 e. The number of rotatable bonds is 5. The summed E-state index contributed by atoms with van der Waals surface area (Å²) < 4.78 is 5.64. The Labute approximate surface area is 105 Å². The monoisotopic (exact) mass is 254 g/mol. The fourth-order valence-corrected chi connectivity index (χ4v) is 2.10. The highest BCUT2D eigenvalue weighted by Crippen LogP contribution is 2.28. The van der Waals surface area contributed by atoms with Gasteiger partial charge in [-0.25, -0.2) is 0 Å². The third kappa shape index (κ3) is 3.63. The number of hydrogen-bond acceptors (Lipinski definition) is 2. The van der Waals surface area contributed by atoms with E-state index in [9.17, 15) is 4.79 Å². The van der Waals surface area contributed by atoms with E-state index in [2.05, 4.69) is 0 Å². The van der Waals surface area contributed by atoms with Crippen molar-refractivity contribution in [3.8, 4) is 5.75 Å². The van der Waals surface area contributed by atoms with E-state index in [0.29, 0.717) is 28.9 Å². The Morgan fingerprint density at radius 1 is 1.41 bits per heavy atom. The number of hydrogen-bond donors (Lipinski definition) is 1. The predicted molar refractivity (Wildman–Crippen MR) is 65.6 cm³/mol. The van der Waals surface area contributed by atoms with Crippen LogP contribution in [0.1, 0.15) is 24.8 Å². The summed E-state index contributed by atoms with van der Waals surface area (Å²) in [5.74, 6) is 0.453. The molecular weight excluding hydrogens is 240 g/mol. The molecule has 0 bridgehead atoms. The molecule has 1 fully saturated rings. The first-order valence-electron chi connectivity index (χ1n) is 5.77. The Morgan fingerprint density at radius 3 is 2.76 bits per heavy atom. The third-order valence-electron chi connectivity index (χ3n) is 3.00.